The Kier molecular flexibility index (Phi) is 5.91. The highest BCUT2D eigenvalue weighted by atomic mass is 19.1. The van der Waals surface area contributed by atoms with Gasteiger partial charge in [0.25, 0.3) is 5.91 Å². The number of carboxylic acid groups (broad SMARTS) is 1. The van der Waals surface area contributed by atoms with E-state index in [1.54, 1.807) is 19.9 Å². The van der Waals surface area contributed by atoms with E-state index in [4.69, 9.17) is 9.84 Å². The molecule has 1 unspecified atom stereocenters. The second-order valence-electron chi connectivity index (χ2n) is 5.91. The highest BCUT2D eigenvalue weighted by molar-refractivity contribution is 5.79. The molecule has 0 aliphatic carbocycles. The van der Waals surface area contributed by atoms with Gasteiger partial charge < -0.3 is 15.2 Å². The minimum Gasteiger partial charge on any atom is -0.481 e. The van der Waals surface area contributed by atoms with Crippen molar-refractivity contribution in [2.45, 2.75) is 39.7 Å². The van der Waals surface area contributed by atoms with Gasteiger partial charge in [-0.2, -0.15) is 0 Å². The second-order valence-corrected chi connectivity index (χ2v) is 5.91. The topological polar surface area (TPSA) is 75.6 Å². The number of benzene rings is 1. The van der Waals surface area contributed by atoms with E-state index in [0.29, 0.717) is 0 Å². The summed E-state index contributed by atoms with van der Waals surface area (Å²) in [7, 11) is 0. The first-order chi connectivity index (χ1) is 10.1. The second kappa shape index (κ2) is 7.24. The van der Waals surface area contributed by atoms with Gasteiger partial charge in [-0.25, -0.2) is 4.39 Å². The number of ether oxygens (including phenoxy) is 1. The lowest BCUT2D eigenvalue weighted by Crippen LogP contribution is -2.52. The molecule has 0 fully saturated rings. The van der Waals surface area contributed by atoms with E-state index in [-0.39, 0.29) is 24.7 Å². The van der Waals surface area contributed by atoms with Gasteiger partial charge in [-0.15, -0.1) is 0 Å². The van der Waals surface area contributed by atoms with Gasteiger partial charge >= 0.3 is 5.97 Å². The van der Waals surface area contributed by atoms with Gasteiger partial charge in [0.2, 0.25) is 0 Å². The molecule has 1 aromatic carbocycles. The van der Waals surface area contributed by atoms with Crippen LogP contribution in [-0.2, 0) is 9.59 Å². The summed E-state index contributed by atoms with van der Waals surface area (Å²) in [5, 5.41) is 11.6. The number of aliphatic carboxylic acids is 1. The van der Waals surface area contributed by atoms with Crippen molar-refractivity contribution in [2.75, 3.05) is 6.61 Å². The van der Waals surface area contributed by atoms with Crippen molar-refractivity contribution in [3.05, 3.63) is 29.6 Å². The molecule has 0 radical (unpaired) electrons. The number of carbonyl (C=O) groups excluding carboxylic acids is 1. The van der Waals surface area contributed by atoms with Crippen LogP contribution < -0.4 is 10.1 Å². The van der Waals surface area contributed by atoms with Gasteiger partial charge in [0, 0.05) is 0 Å². The lowest BCUT2D eigenvalue weighted by atomic mass is 9.85. The molecule has 2 N–H and O–H groups in total. The zero-order valence-electron chi connectivity index (χ0n) is 13.3. The fraction of sp³-hybridized carbons (Fsp3) is 0.500. The molecule has 0 bridgehead atoms. The Balaban J connectivity index is 2.68. The maximum Gasteiger partial charge on any atom is 0.305 e. The van der Waals surface area contributed by atoms with Crippen LogP contribution in [0.4, 0.5) is 4.39 Å². The Morgan fingerprint density at radius 2 is 2.05 bits per heavy atom. The fourth-order valence-corrected chi connectivity index (χ4v) is 1.93. The van der Waals surface area contributed by atoms with E-state index in [1.165, 1.54) is 12.1 Å². The Hall–Kier alpha value is -2.11. The van der Waals surface area contributed by atoms with Gasteiger partial charge in [0.1, 0.15) is 0 Å². The summed E-state index contributed by atoms with van der Waals surface area (Å²) in [4.78, 5) is 22.9. The first-order valence-corrected chi connectivity index (χ1v) is 7.06. The summed E-state index contributed by atoms with van der Waals surface area (Å²) in [6, 6.07) is 4.37. The SMILES string of the molecule is Cc1ccc(F)c(OCC(=O)NC(C)(CC(=O)O)C(C)C)c1. The third-order valence-corrected chi connectivity index (χ3v) is 3.66. The fourth-order valence-electron chi connectivity index (χ4n) is 1.93. The average molecular weight is 311 g/mol. The first kappa shape index (κ1) is 17.9. The third kappa shape index (κ3) is 5.02. The summed E-state index contributed by atoms with van der Waals surface area (Å²) in [5.74, 6) is -2.11. The quantitative estimate of drug-likeness (QED) is 0.811. The van der Waals surface area contributed by atoms with Crippen LogP contribution in [0.15, 0.2) is 18.2 Å². The van der Waals surface area contributed by atoms with Crippen molar-refractivity contribution in [1.29, 1.82) is 0 Å². The van der Waals surface area contributed by atoms with Crippen molar-refractivity contribution >= 4 is 11.9 Å². The molecular weight excluding hydrogens is 289 g/mol. The molecule has 0 aromatic heterocycles. The number of hydrogen-bond acceptors (Lipinski definition) is 3. The van der Waals surface area contributed by atoms with Crippen LogP contribution in [-0.4, -0.2) is 29.1 Å². The molecular formula is C16H22FNO4. The van der Waals surface area contributed by atoms with E-state index in [0.717, 1.165) is 5.56 Å². The monoisotopic (exact) mass is 311 g/mol. The van der Waals surface area contributed by atoms with Gasteiger partial charge in [0.05, 0.1) is 12.0 Å². The molecule has 0 spiro atoms. The lowest BCUT2D eigenvalue weighted by molar-refractivity contribution is -0.139. The molecule has 0 aliphatic rings. The summed E-state index contributed by atoms with van der Waals surface area (Å²) in [6.45, 7) is 6.73. The maximum absolute atomic E-state index is 13.5. The minimum absolute atomic E-state index is 0.000338. The van der Waals surface area contributed by atoms with E-state index in [2.05, 4.69) is 5.32 Å². The van der Waals surface area contributed by atoms with E-state index in [1.807, 2.05) is 13.8 Å². The van der Waals surface area contributed by atoms with Gasteiger partial charge in [-0.1, -0.05) is 19.9 Å². The summed E-state index contributed by atoms with van der Waals surface area (Å²) < 4.78 is 18.7. The van der Waals surface area contributed by atoms with Crippen LogP contribution in [0.25, 0.3) is 0 Å². The van der Waals surface area contributed by atoms with Crippen LogP contribution >= 0.6 is 0 Å². The van der Waals surface area contributed by atoms with Crippen molar-refractivity contribution < 1.29 is 23.8 Å². The van der Waals surface area contributed by atoms with Crippen LogP contribution in [0.5, 0.6) is 5.75 Å². The summed E-state index contributed by atoms with van der Waals surface area (Å²) in [5.41, 5.74) is -0.0769. The van der Waals surface area contributed by atoms with Crippen molar-refractivity contribution in [3.8, 4) is 5.75 Å². The number of amides is 1. The van der Waals surface area contributed by atoms with Crippen molar-refractivity contribution in [1.82, 2.24) is 5.32 Å². The van der Waals surface area contributed by atoms with Crippen LogP contribution in [0, 0.1) is 18.7 Å². The Labute approximate surface area is 129 Å². The van der Waals surface area contributed by atoms with E-state index < -0.39 is 23.2 Å². The third-order valence-electron chi connectivity index (χ3n) is 3.66. The number of aryl methyl sites for hydroxylation is 1. The maximum atomic E-state index is 13.5. The molecule has 0 saturated carbocycles. The molecule has 6 heteroatoms. The highest BCUT2D eigenvalue weighted by Crippen LogP contribution is 2.21. The predicted molar refractivity (Wildman–Crippen MR) is 80.3 cm³/mol. The number of hydrogen-bond donors (Lipinski definition) is 2. The molecule has 5 nitrogen and oxygen atoms in total. The average Bonchev–Trinajstić information content (AvgIpc) is 2.38. The smallest absolute Gasteiger partial charge is 0.305 e. The van der Waals surface area contributed by atoms with Crippen molar-refractivity contribution in [3.63, 3.8) is 0 Å². The highest BCUT2D eigenvalue weighted by Gasteiger charge is 2.32. The van der Waals surface area contributed by atoms with E-state index in [9.17, 15) is 14.0 Å². The largest absolute Gasteiger partial charge is 0.481 e. The van der Waals surface area contributed by atoms with Gasteiger partial charge in [-0.05, 0) is 37.5 Å². The molecule has 22 heavy (non-hydrogen) atoms. The summed E-state index contributed by atoms with van der Waals surface area (Å²) in [6.07, 6.45) is -0.199. The lowest BCUT2D eigenvalue weighted by Gasteiger charge is -2.33. The van der Waals surface area contributed by atoms with Gasteiger partial charge in [0.15, 0.2) is 18.2 Å². The first-order valence-electron chi connectivity index (χ1n) is 7.06. The molecule has 0 heterocycles. The summed E-state index contributed by atoms with van der Waals surface area (Å²) >= 11 is 0. The minimum atomic E-state index is -0.998. The molecule has 0 aliphatic heterocycles. The Bertz CT molecular complexity index is 559. The van der Waals surface area contributed by atoms with Crippen molar-refractivity contribution in [2.24, 2.45) is 5.92 Å². The number of nitrogens with one attached hydrogen (secondary N) is 1. The molecule has 1 rings (SSSR count). The molecule has 1 atom stereocenters. The molecule has 1 aromatic rings. The molecule has 122 valence electrons. The standard InChI is InChI=1S/C16H22FNO4/c1-10(2)16(4,8-15(20)21)18-14(19)9-22-13-7-11(3)5-6-12(13)17/h5-7,10H,8-9H2,1-4H3,(H,18,19)(H,20,21). The molecule has 1 amide bonds. The number of carbonyl (C=O) groups is 2. The normalized spacial score (nSPS) is 13.5. The zero-order chi connectivity index (χ0) is 16.9. The van der Waals surface area contributed by atoms with Crippen LogP contribution in [0.2, 0.25) is 0 Å². The zero-order valence-corrected chi connectivity index (χ0v) is 13.3. The number of halogens is 1. The predicted octanol–water partition coefficient (Wildman–Crippen LogP) is 2.52. The Morgan fingerprint density at radius 3 is 2.59 bits per heavy atom. The van der Waals surface area contributed by atoms with Gasteiger partial charge in [-0.3, -0.25) is 9.59 Å². The number of rotatable bonds is 7. The molecule has 0 saturated heterocycles. The van der Waals surface area contributed by atoms with Crippen LogP contribution in [0.1, 0.15) is 32.8 Å². The van der Waals surface area contributed by atoms with E-state index >= 15 is 0 Å². The number of carboxylic acids is 1. The van der Waals surface area contributed by atoms with Crippen LogP contribution in [0.3, 0.4) is 0 Å². The Morgan fingerprint density at radius 1 is 1.41 bits per heavy atom.